The van der Waals surface area contributed by atoms with E-state index >= 15 is 0 Å². The summed E-state index contributed by atoms with van der Waals surface area (Å²) in [7, 11) is 2.24. The van der Waals surface area contributed by atoms with Gasteiger partial charge in [0, 0.05) is 16.8 Å². The summed E-state index contributed by atoms with van der Waals surface area (Å²) in [5, 5.41) is 7.40. The van der Waals surface area contributed by atoms with E-state index in [1.54, 1.807) is 0 Å². The lowest BCUT2D eigenvalue weighted by molar-refractivity contribution is 0.210. The fourth-order valence-electron chi connectivity index (χ4n) is 4.59. The van der Waals surface area contributed by atoms with E-state index in [4.69, 9.17) is 23.2 Å². The van der Waals surface area contributed by atoms with Crippen molar-refractivity contribution in [3.63, 3.8) is 0 Å². The van der Waals surface area contributed by atoms with Crippen molar-refractivity contribution >= 4 is 34.5 Å². The van der Waals surface area contributed by atoms with Gasteiger partial charge in [-0.05, 0) is 99.4 Å². The number of likely N-dealkylation sites (tertiary alicyclic amines) is 1. The first kappa shape index (κ1) is 19.7. The van der Waals surface area contributed by atoms with Crippen molar-refractivity contribution < 1.29 is 0 Å². The maximum absolute atomic E-state index is 6.27. The standard InChI is InChI=1S/C22H28Cl2N2S/c1-26-11-7-15(8-12-26)6-10-25-21-5-3-17(22-18(21)9-13-27-22)16-2-4-19(23)20(24)14-16/h2,4,9,13-15,17,21,25H,3,5-8,10-12H2,1H3. The molecule has 1 aliphatic carbocycles. The second kappa shape index (κ2) is 8.84. The monoisotopic (exact) mass is 422 g/mol. The summed E-state index contributed by atoms with van der Waals surface area (Å²) in [6.45, 7) is 3.65. The predicted octanol–water partition coefficient (Wildman–Crippen LogP) is 6.34. The number of nitrogens with one attached hydrogen (secondary N) is 1. The van der Waals surface area contributed by atoms with E-state index < -0.39 is 0 Å². The molecule has 4 rings (SSSR count). The van der Waals surface area contributed by atoms with Gasteiger partial charge in [0.05, 0.1) is 10.0 Å². The molecule has 1 aromatic heterocycles. The van der Waals surface area contributed by atoms with Crippen molar-refractivity contribution in [2.24, 2.45) is 5.92 Å². The van der Waals surface area contributed by atoms with Gasteiger partial charge in [-0.3, -0.25) is 0 Å². The average Bonchev–Trinajstić information content (AvgIpc) is 3.16. The summed E-state index contributed by atoms with van der Waals surface area (Å²) >= 11 is 14.3. The molecular weight excluding hydrogens is 395 g/mol. The molecule has 1 aliphatic heterocycles. The van der Waals surface area contributed by atoms with Gasteiger partial charge in [0.25, 0.3) is 0 Å². The number of rotatable bonds is 5. The first-order valence-electron chi connectivity index (χ1n) is 10.1. The molecule has 1 aromatic carbocycles. The van der Waals surface area contributed by atoms with Crippen LogP contribution in [-0.4, -0.2) is 31.6 Å². The Morgan fingerprint density at radius 3 is 2.67 bits per heavy atom. The molecule has 2 heterocycles. The molecule has 2 unspecified atom stereocenters. The van der Waals surface area contributed by atoms with Gasteiger partial charge in [0.1, 0.15) is 0 Å². The van der Waals surface area contributed by atoms with Crippen molar-refractivity contribution in [2.45, 2.75) is 44.1 Å². The SMILES string of the molecule is CN1CCC(CCNC2CCC(c3ccc(Cl)c(Cl)c3)c3sccc32)CC1. The smallest absolute Gasteiger partial charge is 0.0595 e. The molecule has 5 heteroatoms. The second-order valence-electron chi connectivity index (χ2n) is 8.09. The van der Waals surface area contributed by atoms with Gasteiger partial charge in [-0.2, -0.15) is 0 Å². The number of piperidine rings is 1. The highest BCUT2D eigenvalue weighted by molar-refractivity contribution is 7.10. The maximum Gasteiger partial charge on any atom is 0.0595 e. The molecule has 0 amide bonds. The summed E-state index contributed by atoms with van der Waals surface area (Å²) in [5.41, 5.74) is 2.78. The van der Waals surface area contributed by atoms with Crippen molar-refractivity contribution in [2.75, 3.05) is 26.7 Å². The van der Waals surface area contributed by atoms with E-state index in [1.807, 2.05) is 23.5 Å². The molecule has 2 nitrogen and oxygen atoms in total. The van der Waals surface area contributed by atoms with Crippen molar-refractivity contribution in [1.29, 1.82) is 0 Å². The first-order valence-corrected chi connectivity index (χ1v) is 11.7. The minimum Gasteiger partial charge on any atom is -0.310 e. The number of halogens is 2. The fraction of sp³-hybridized carbons (Fsp3) is 0.545. The molecule has 0 radical (unpaired) electrons. The molecule has 2 atom stereocenters. The molecule has 1 fully saturated rings. The van der Waals surface area contributed by atoms with E-state index in [9.17, 15) is 0 Å². The largest absolute Gasteiger partial charge is 0.310 e. The van der Waals surface area contributed by atoms with Gasteiger partial charge in [0.15, 0.2) is 0 Å². The van der Waals surface area contributed by atoms with Crippen LogP contribution in [0.25, 0.3) is 0 Å². The Kier molecular flexibility index (Phi) is 6.45. The fourth-order valence-corrected chi connectivity index (χ4v) is 6.03. The Labute approximate surface area is 176 Å². The van der Waals surface area contributed by atoms with E-state index in [-0.39, 0.29) is 0 Å². The number of hydrogen-bond acceptors (Lipinski definition) is 3. The molecule has 2 aromatic rings. The van der Waals surface area contributed by atoms with Crippen molar-refractivity contribution in [3.05, 3.63) is 55.7 Å². The summed E-state index contributed by atoms with van der Waals surface area (Å²) in [6.07, 6.45) is 6.36. The van der Waals surface area contributed by atoms with Crippen LogP contribution in [-0.2, 0) is 0 Å². The van der Waals surface area contributed by atoms with Gasteiger partial charge in [-0.1, -0.05) is 29.3 Å². The lowest BCUT2D eigenvalue weighted by Gasteiger charge is -2.32. The topological polar surface area (TPSA) is 15.3 Å². The Bertz CT molecular complexity index is 767. The van der Waals surface area contributed by atoms with Gasteiger partial charge in [-0.25, -0.2) is 0 Å². The van der Waals surface area contributed by atoms with Crippen LogP contribution in [0.4, 0.5) is 0 Å². The predicted molar refractivity (Wildman–Crippen MR) is 117 cm³/mol. The normalized spacial score (nSPS) is 24.1. The maximum atomic E-state index is 6.27. The zero-order chi connectivity index (χ0) is 18.8. The average molecular weight is 423 g/mol. The van der Waals surface area contributed by atoms with Gasteiger partial charge in [0.2, 0.25) is 0 Å². The molecular formula is C22H28Cl2N2S. The third-order valence-corrected chi connectivity index (χ3v) is 8.08. The highest BCUT2D eigenvalue weighted by Crippen LogP contribution is 2.45. The molecule has 2 aliphatic rings. The summed E-state index contributed by atoms with van der Waals surface area (Å²) in [4.78, 5) is 3.95. The van der Waals surface area contributed by atoms with Crippen LogP contribution in [0.3, 0.4) is 0 Å². The van der Waals surface area contributed by atoms with Gasteiger partial charge >= 0.3 is 0 Å². The highest BCUT2D eigenvalue weighted by atomic mass is 35.5. The number of benzene rings is 1. The van der Waals surface area contributed by atoms with E-state index in [2.05, 4.69) is 34.8 Å². The van der Waals surface area contributed by atoms with E-state index in [0.29, 0.717) is 22.0 Å². The van der Waals surface area contributed by atoms with Crippen LogP contribution < -0.4 is 5.32 Å². The van der Waals surface area contributed by atoms with Crippen LogP contribution >= 0.6 is 34.5 Å². The lowest BCUT2D eigenvalue weighted by Crippen LogP contribution is -2.32. The Balaban J connectivity index is 1.39. The molecule has 1 N–H and O–H groups in total. The zero-order valence-corrected chi connectivity index (χ0v) is 18.2. The number of thiophene rings is 1. The lowest BCUT2D eigenvalue weighted by atomic mass is 9.82. The van der Waals surface area contributed by atoms with Crippen molar-refractivity contribution in [3.8, 4) is 0 Å². The minimum absolute atomic E-state index is 0.446. The Hall–Kier alpha value is -0.580. The number of nitrogens with zero attached hydrogens (tertiary/aromatic N) is 1. The molecule has 0 bridgehead atoms. The van der Waals surface area contributed by atoms with Crippen LogP contribution in [0.1, 0.15) is 60.1 Å². The van der Waals surface area contributed by atoms with Gasteiger partial charge < -0.3 is 10.2 Å². The zero-order valence-electron chi connectivity index (χ0n) is 15.9. The van der Waals surface area contributed by atoms with Crippen LogP contribution in [0.15, 0.2) is 29.6 Å². The number of fused-ring (bicyclic) bond motifs is 1. The van der Waals surface area contributed by atoms with Crippen LogP contribution in [0, 0.1) is 5.92 Å². The summed E-state index contributed by atoms with van der Waals surface area (Å²) in [6, 6.07) is 8.92. The van der Waals surface area contributed by atoms with Crippen molar-refractivity contribution in [1.82, 2.24) is 10.2 Å². The first-order chi connectivity index (χ1) is 13.1. The van der Waals surface area contributed by atoms with Gasteiger partial charge in [-0.15, -0.1) is 11.3 Å². The van der Waals surface area contributed by atoms with E-state index in [0.717, 1.165) is 18.9 Å². The quantitative estimate of drug-likeness (QED) is 0.603. The molecule has 27 heavy (non-hydrogen) atoms. The summed E-state index contributed by atoms with van der Waals surface area (Å²) < 4.78 is 0. The Morgan fingerprint density at radius 1 is 1.07 bits per heavy atom. The third kappa shape index (κ3) is 4.54. The molecule has 1 saturated heterocycles. The van der Waals surface area contributed by atoms with Crippen LogP contribution in [0.5, 0.6) is 0 Å². The summed E-state index contributed by atoms with van der Waals surface area (Å²) in [5.74, 6) is 1.34. The Morgan fingerprint density at radius 2 is 1.89 bits per heavy atom. The molecule has 146 valence electrons. The third-order valence-electron chi connectivity index (χ3n) is 6.29. The number of hydrogen-bond donors (Lipinski definition) is 1. The van der Waals surface area contributed by atoms with E-state index in [1.165, 1.54) is 54.8 Å². The second-order valence-corrected chi connectivity index (χ2v) is 9.85. The minimum atomic E-state index is 0.446. The molecule has 0 saturated carbocycles. The van der Waals surface area contributed by atoms with Crippen LogP contribution in [0.2, 0.25) is 10.0 Å². The highest BCUT2D eigenvalue weighted by Gasteiger charge is 2.29. The molecule has 0 spiro atoms.